The van der Waals surface area contributed by atoms with Gasteiger partial charge in [0.25, 0.3) is 0 Å². The highest BCUT2D eigenvalue weighted by Gasteiger charge is 2.13. The summed E-state index contributed by atoms with van der Waals surface area (Å²) in [5.41, 5.74) is 1.44. The maximum Gasteiger partial charge on any atom is 0.322 e. The maximum atomic E-state index is 10.4. The molecule has 6 heteroatoms. The Kier molecular flexibility index (Phi) is 3.69. The molecule has 0 radical (unpaired) electrons. The number of nitrogens with zero attached hydrogens (tertiary/aromatic N) is 2. The number of hydrogen-bond donors (Lipinski definition) is 2. The van der Waals surface area contributed by atoms with Crippen LogP contribution < -0.4 is 5.32 Å². The Morgan fingerprint density at radius 3 is 2.75 bits per heavy atom. The summed E-state index contributed by atoms with van der Waals surface area (Å²) in [5, 5.41) is 20.5. The highest BCUT2D eigenvalue weighted by molar-refractivity contribution is 6.32. The van der Waals surface area contributed by atoms with Crippen molar-refractivity contribution >= 4 is 23.4 Å². The zero-order chi connectivity index (χ0) is 12.3. The second-order valence-electron chi connectivity index (χ2n) is 3.22. The number of aliphatic carboxylic acids is 1. The average molecular weight is 240 g/mol. The molecule has 5 nitrogen and oxygen atoms in total. The molecule has 1 aromatic rings. The van der Waals surface area contributed by atoms with Gasteiger partial charge in [-0.2, -0.15) is 5.26 Å². The van der Waals surface area contributed by atoms with Gasteiger partial charge in [0.2, 0.25) is 0 Å². The van der Waals surface area contributed by atoms with E-state index in [1.165, 1.54) is 0 Å². The molecule has 0 saturated heterocycles. The third kappa shape index (κ3) is 2.41. The van der Waals surface area contributed by atoms with Gasteiger partial charge in [0, 0.05) is 0 Å². The van der Waals surface area contributed by atoms with Gasteiger partial charge >= 0.3 is 5.97 Å². The molecule has 1 rings (SSSR count). The first-order chi connectivity index (χ1) is 7.47. The number of pyridine rings is 1. The molecule has 16 heavy (non-hydrogen) atoms. The predicted molar refractivity (Wildman–Crippen MR) is 59.6 cm³/mol. The summed E-state index contributed by atoms with van der Waals surface area (Å²) in [7, 11) is 0. The van der Waals surface area contributed by atoms with Crippen LogP contribution in [-0.4, -0.2) is 22.6 Å². The Labute approximate surface area is 97.7 Å². The fourth-order valence-corrected chi connectivity index (χ4v) is 1.39. The highest BCUT2D eigenvalue weighted by atomic mass is 35.5. The molecule has 0 amide bonds. The second kappa shape index (κ2) is 4.81. The second-order valence-corrected chi connectivity index (χ2v) is 3.60. The van der Waals surface area contributed by atoms with Gasteiger partial charge in [0.05, 0.1) is 16.3 Å². The molecule has 0 bridgehead atoms. The van der Waals surface area contributed by atoms with Crippen molar-refractivity contribution in [3.05, 3.63) is 21.8 Å². The monoisotopic (exact) mass is 239 g/mol. The lowest BCUT2D eigenvalue weighted by molar-refractivity contribution is -0.134. The van der Waals surface area contributed by atoms with Gasteiger partial charge in [-0.3, -0.25) is 4.79 Å². The molecule has 84 valence electrons. The Balaban J connectivity index is 3.19. The molecule has 0 unspecified atom stereocenters. The van der Waals surface area contributed by atoms with Gasteiger partial charge in [-0.25, -0.2) is 4.98 Å². The third-order valence-corrected chi connectivity index (χ3v) is 2.61. The molecule has 0 aromatic carbocycles. The van der Waals surface area contributed by atoms with Crippen molar-refractivity contribution < 1.29 is 9.90 Å². The van der Waals surface area contributed by atoms with Crippen LogP contribution in [0, 0.1) is 25.2 Å². The van der Waals surface area contributed by atoms with Crippen LogP contribution in [0.2, 0.25) is 5.02 Å². The van der Waals surface area contributed by atoms with E-state index in [1.807, 2.05) is 6.07 Å². The number of carboxylic acids is 1. The number of carbonyl (C=O) groups is 1. The van der Waals surface area contributed by atoms with E-state index in [1.54, 1.807) is 13.8 Å². The number of hydrogen-bond acceptors (Lipinski definition) is 4. The molecule has 1 aromatic heterocycles. The van der Waals surface area contributed by atoms with Crippen LogP contribution in [0.4, 0.5) is 5.82 Å². The van der Waals surface area contributed by atoms with E-state index in [9.17, 15) is 4.79 Å². The lowest BCUT2D eigenvalue weighted by atomic mass is 10.1. The van der Waals surface area contributed by atoms with Crippen molar-refractivity contribution in [3.8, 4) is 6.07 Å². The molecule has 0 atom stereocenters. The van der Waals surface area contributed by atoms with Crippen LogP contribution in [0.5, 0.6) is 0 Å². The summed E-state index contributed by atoms with van der Waals surface area (Å²) in [6, 6.07) is 1.95. The zero-order valence-electron chi connectivity index (χ0n) is 8.83. The van der Waals surface area contributed by atoms with Gasteiger partial charge in [0.15, 0.2) is 0 Å². The first-order valence-corrected chi connectivity index (χ1v) is 4.87. The van der Waals surface area contributed by atoms with Crippen LogP contribution >= 0.6 is 11.6 Å². The Morgan fingerprint density at radius 1 is 1.62 bits per heavy atom. The molecule has 0 aliphatic rings. The normalized spacial score (nSPS) is 9.62. The van der Waals surface area contributed by atoms with Crippen molar-refractivity contribution in [1.29, 1.82) is 5.26 Å². The number of aromatic nitrogens is 1. The van der Waals surface area contributed by atoms with Crippen LogP contribution in [0.3, 0.4) is 0 Å². The Bertz CT molecular complexity index is 480. The van der Waals surface area contributed by atoms with Crippen molar-refractivity contribution in [2.75, 3.05) is 11.9 Å². The predicted octanol–water partition coefficient (Wildman–Crippen LogP) is 1.72. The van der Waals surface area contributed by atoms with E-state index >= 15 is 0 Å². The van der Waals surface area contributed by atoms with Crippen LogP contribution in [-0.2, 0) is 4.79 Å². The van der Waals surface area contributed by atoms with E-state index < -0.39 is 5.97 Å². The summed E-state index contributed by atoms with van der Waals surface area (Å²) in [5.74, 6) is -0.764. The smallest absolute Gasteiger partial charge is 0.322 e. The number of nitriles is 1. The van der Waals surface area contributed by atoms with Crippen LogP contribution in [0.25, 0.3) is 0 Å². The SMILES string of the molecule is Cc1nc(NCC(=O)O)c(C#N)c(C)c1Cl. The van der Waals surface area contributed by atoms with Crippen molar-refractivity contribution in [2.24, 2.45) is 0 Å². The zero-order valence-corrected chi connectivity index (χ0v) is 9.59. The Morgan fingerprint density at radius 2 is 2.25 bits per heavy atom. The maximum absolute atomic E-state index is 10.4. The molecule has 1 heterocycles. The number of nitrogens with one attached hydrogen (secondary N) is 1. The lowest BCUT2D eigenvalue weighted by Gasteiger charge is -2.10. The summed E-state index contributed by atoms with van der Waals surface area (Å²) >= 11 is 5.94. The average Bonchev–Trinajstić information content (AvgIpc) is 2.23. The molecular formula is C10H10ClN3O2. The first kappa shape index (κ1) is 12.3. The third-order valence-electron chi connectivity index (χ3n) is 2.06. The van der Waals surface area contributed by atoms with Gasteiger partial charge < -0.3 is 10.4 Å². The van der Waals surface area contributed by atoms with E-state index in [2.05, 4.69) is 10.3 Å². The molecule has 0 fully saturated rings. The fourth-order valence-electron chi connectivity index (χ4n) is 1.26. The van der Waals surface area contributed by atoms with Crippen molar-refractivity contribution in [3.63, 3.8) is 0 Å². The summed E-state index contributed by atoms with van der Waals surface area (Å²) in [4.78, 5) is 14.5. The first-order valence-electron chi connectivity index (χ1n) is 4.49. The molecule has 0 aliphatic heterocycles. The minimum absolute atomic E-state index is 0.254. The number of carboxylic acid groups (broad SMARTS) is 1. The van der Waals surface area contributed by atoms with Crippen LogP contribution in [0.15, 0.2) is 0 Å². The van der Waals surface area contributed by atoms with Crippen LogP contribution in [0.1, 0.15) is 16.8 Å². The summed E-state index contributed by atoms with van der Waals surface area (Å²) < 4.78 is 0. The van der Waals surface area contributed by atoms with Gasteiger partial charge in [-0.05, 0) is 19.4 Å². The van der Waals surface area contributed by atoms with E-state index in [4.69, 9.17) is 22.0 Å². The summed E-state index contributed by atoms with van der Waals surface area (Å²) in [6.45, 7) is 3.10. The molecule has 0 saturated carbocycles. The van der Waals surface area contributed by atoms with Gasteiger partial charge in [-0.15, -0.1) is 0 Å². The number of halogens is 1. The quantitative estimate of drug-likeness (QED) is 0.839. The number of aryl methyl sites for hydroxylation is 1. The largest absolute Gasteiger partial charge is 0.480 e. The molecule has 0 aliphatic carbocycles. The van der Waals surface area contributed by atoms with E-state index in [-0.39, 0.29) is 17.9 Å². The topological polar surface area (TPSA) is 86.0 Å². The van der Waals surface area contributed by atoms with E-state index in [0.29, 0.717) is 16.3 Å². The standard InChI is InChI=1S/C10H10ClN3O2/c1-5-7(3-12)10(13-4-8(15)16)14-6(2)9(5)11/h4H2,1-2H3,(H,13,14)(H,15,16). The summed E-state index contributed by atoms with van der Waals surface area (Å²) in [6.07, 6.45) is 0. The number of rotatable bonds is 3. The lowest BCUT2D eigenvalue weighted by Crippen LogP contribution is -2.15. The van der Waals surface area contributed by atoms with Crippen molar-refractivity contribution in [1.82, 2.24) is 4.98 Å². The minimum Gasteiger partial charge on any atom is -0.480 e. The number of anilines is 1. The molecular weight excluding hydrogens is 230 g/mol. The highest BCUT2D eigenvalue weighted by Crippen LogP contribution is 2.26. The van der Waals surface area contributed by atoms with Gasteiger partial charge in [0.1, 0.15) is 18.4 Å². The van der Waals surface area contributed by atoms with E-state index in [0.717, 1.165) is 0 Å². The van der Waals surface area contributed by atoms with Gasteiger partial charge in [-0.1, -0.05) is 11.6 Å². The molecule has 2 N–H and O–H groups in total. The molecule has 0 spiro atoms. The Hall–Kier alpha value is -1.80. The fraction of sp³-hybridized carbons (Fsp3) is 0.300. The van der Waals surface area contributed by atoms with Crippen molar-refractivity contribution in [2.45, 2.75) is 13.8 Å². The minimum atomic E-state index is -1.02.